The molecular formula is C50H52F6IN3O16. The van der Waals surface area contributed by atoms with E-state index in [1.807, 2.05) is 0 Å². The Kier molecular flexibility index (Phi) is 18.2. The fourth-order valence-corrected chi connectivity index (χ4v) is 9.89. The predicted molar refractivity (Wildman–Crippen MR) is 256 cm³/mol. The number of ether oxygens (including phenoxy) is 5. The average molecular weight is 1190 g/mol. The van der Waals surface area contributed by atoms with Crippen LogP contribution >= 0.6 is 22.6 Å². The second-order valence-corrected chi connectivity index (χ2v) is 19.1. The van der Waals surface area contributed by atoms with Crippen molar-refractivity contribution in [2.24, 2.45) is 11.8 Å². The number of aliphatic hydroxyl groups excluding tert-OH is 2. The molecule has 0 bridgehead atoms. The lowest BCUT2D eigenvalue weighted by atomic mass is 9.84. The van der Waals surface area contributed by atoms with E-state index in [-0.39, 0.29) is 22.0 Å². The molecule has 19 nitrogen and oxygen atoms in total. The molecule has 412 valence electrons. The fraction of sp³-hybridized carbons (Fsp3) is 0.480. The van der Waals surface area contributed by atoms with Crippen LogP contribution in [0.4, 0.5) is 26.3 Å². The summed E-state index contributed by atoms with van der Waals surface area (Å²) in [4.78, 5) is 98.1. The van der Waals surface area contributed by atoms with Gasteiger partial charge in [-0.25, -0.2) is 35.9 Å². The van der Waals surface area contributed by atoms with Gasteiger partial charge in [-0.2, -0.15) is 0 Å². The molecule has 0 aromatic heterocycles. The number of ketones is 3. The van der Waals surface area contributed by atoms with Crippen molar-refractivity contribution >= 4 is 69.6 Å². The number of carbonyl (C=O) groups excluding carboxylic acids is 8. The molecule has 0 spiro atoms. The maximum Gasteiger partial charge on any atom is 0.338 e. The minimum atomic E-state index is -3.11. The van der Waals surface area contributed by atoms with E-state index in [1.54, 1.807) is 59.0 Å². The van der Waals surface area contributed by atoms with Crippen LogP contribution in [0, 0.1) is 11.8 Å². The highest BCUT2D eigenvalue weighted by Crippen LogP contribution is 2.52. The second-order valence-electron chi connectivity index (χ2n) is 18.4. The van der Waals surface area contributed by atoms with Crippen molar-refractivity contribution in [2.75, 3.05) is 31.1 Å². The van der Waals surface area contributed by atoms with Gasteiger partial charge in [0.05, 0.1) is 46.7 Å². The highest BCUT2D eigenvalue weighted by Gasteiger charge is 2.70. The summed E-state index contributed by atoms with van der Waals surface area (Å²) in [5.41, 5.74) is -6.59. The molecule has 3 amide bonds. The van der Waals surface area contributed by atoms with E-state index in [2.05, 4.69) is 4.74 Å². The zero-order chi connectivity index (χ0) is 56.2. The van der Waals surface area contributed by atoms with Gasteiger partial charge in [0, 0.05) is 25.0 Å². The number of rotatable bonds is 13. The third-order valence-electron chi connectivity index (χ3n) is 13.8. The van der Waals surface area contributed by atoms with Crippen LogP contribution in [0.25, 0.3) is 0 Å². The molecule has 0 saturated carbocycles. The largest absolute Gasteiger partial charge is 0.447 e. The highest BCUT2D eigenvalue weighted by molar-refractivity contribution is 14.1. The fourth-order valence-electron chi connectivity index (χ4n) is 9.05. The zero-order valence-corrected chi connectivity index (χ0v) is 42.9. The minimum absolute atomic E-state index is 0.139. The van der Waals surface area contributed by atoms with Crippen molar-refractivity contribution in [1.29, 1.82) is 0 Å². The van der Waals surface area contributed by atoms with Gasteiger partial charge >= 0.3 is 11.9 Å². The normalized spacial score (nSPS) is 35.0. The molecule has 26 heteroatoms. The molecule has 12 atom stereocenters. The molecule has 0 unspecified atom stereocenters. The lowest BCUT2D eigenvalue weighted by molar-refractivity contribution is -0.213. The number of hydrogen-bond acceptors (Lipinski definition) is 16. The first-order valence-corrected chi connectivity index (χ1v) is 24.8. The van der Waals surface area contributed by atoms with Crippen molar-refractivity contribution in [2.45, 2.75) is 106 Å². The summed E-state index contributed by atoms with van der Waals surface area (Å²) in [6.45, 7) is -1.23. The van der Waals surface area contributed by atoms with Gasteiger partial charge < -0.3 is 39.0 Å². The van der Waals surface area contributed by atoms with Gasteiger partial charge in [-0.1, -0.05) is 79.8 Å². The van der Waals surface area contributed by atoms with Crippen LogP contribution in [0.15, 0.2) is 97.5 Å². The third kappa shape index (κ3) is 11.1. The smallest absolute Gasteiger partial charge is 0.338 e. The van der Waals surface area contributed by atoms with Gasteiger partial charge in [-0.15, -0.1) is 0 Å². The average Bonchev–Trinajstić information content (AvgIpc) is 3.86. The molecule has 6 heterocycles. The van der Waals surface area contributed by atoms with Crippen LogP contribution < -0.4 is 0 Å². The summed E-state index contributed by atoms with van der Waals surface area (Å²) >= 11 is 1.75. The number of allylic oxidation sites excluding steroid dienone is 3. The van der Waals surface area contributed by atoms with Crippen molar-refractivity contribution in [3.63, 3.8) is 0 Å². The van der Waals surface area contributed by atoms with Gasteiger partial charge in [0.2, 0.25) is 29.4 Å². The number of halogens is 7. The van der Waals surface area contributed by atoms with Crippen LogP contribution in [-0.4, -0.2) is 167 Å². The molecule has 76 heavy (non-hydrogen) atoms. The SMILES string of the molecule is CC[C@@]1(F)O[C@@H](N2C=CC(=O)CC2=O)[C@](CF)(OC(=O)c2ccccc2)[C@@H]1C.C[C@H]1[C@@](CF)(OC(=O)c2ccccc2)[C@H](N2C=CC(=O)CC2=O)O[C@]1(F)CI.O=C1C=CN([C@@H]2O[C@](F)(CO)[C@@H](O)[C@]2(O)CF)C(=O)C1. The van der Waals surface area contributed by atoms with E-state index in [0.717, 1.165) is 46.6 Å². The maximum atomic E-state index is 15.4. The molecule has 2 aromatic rings. The molecule has 3 saturated heterocycles. The van der Waals surface area contributed by atoms with E-state index in [0.29, 0.717) is 4.90 Å². The van der Waals surface area contributed by atoms with Crippen LogP contribution in [0.3, 0.4) is 0 Å². The van der Waals surface area contributed by atoms with Crippen molar-refractivity contribution in [1.82, 2.24) is 14.7 Å². The second kappa shape index (κ2) is 23.4. The molecule has 6 aliphatic heterocycles. The summed E-state index contributed by atoms with van der Waals surface area (Å²) in [6, 6.07) is 15.8. The van der Waals surface area contributed by atoms with E-state index in [9.17, 15) is 66.1 Å². The minimum Gasteiger partial charge on any atom is -0.447 e. The molecule has 8 rings (SSSR count). The Morgan fingerprint density at radius 1 is 0.618 bits per heavy atom. The topological polar surface area (TPSA) is 253 Å². The Morgan fingerprint density at radius 2 is 0.974 bits per heavy atom. The van der Waals surface area contributed by atoms with Crippen molar-refractivity contribution in [3.05, 3.63) is 109 Å². The number of carbonyl (C=O) groups is 8. The van der Waals surface area contributed by atoms with E-state index < -0.39 is 164 Å². The zero-order valence-electron chi connectivity index (χ0n) is 40.7. The summed E-state index contributed by atoms with van der Waals surface area (Å²) in [6.07, 6.45) is -2.59. The number of amides is 3. The van der Waals surface area contributed by atoms with Gasteiger partial charge in [0.25, 0.3) is 5.85 Å². The number of nitrogens with zero attached hydrogens (tertiary/aromatic N) is 3. The first-order valence-electron chi connectivity index (χ1n) is 23.3. The maximum absolute atomic E-state index is 15.4. The molecule has 3 N–H and O–H groups in total. The van der Waals surface area contributed by atoms with Crippen molar-refractivity contribution in [3.8, 4) is 0 Å². The van der Waals surface area contributed by atoms with E-state index >= 15 is 8.78 Å². The van der Waals surface area contributed by atoms with Gasteiger partial charge in [0.15, 0.2) is 58.9 Å². The standard InChI is InChI=1S/C20H21F2NO5.C19H18F2INO5.C11H13F2NO6/c1-3-20(22)13(2)19(12-21,27-17(26)14-7-5-4-6-8-14)18(28-20)23-10-9-15(24)11-16(23)25;1-12-18(10-20,27-16(26)13-5-3-2-4-6-13)17(28-19(12,21)11-22)23-8-7-14(24)9-15(23)25;12-4-10(19)8(18)11(13,5-15)20-9(10)14-2-1-6(16)3-7(14)17/h4-10,13,18H,3,11-12H2,1-2H3;2-8,12,17H,9-11H2,1H3;1-2,8-9,15,18-19H,3-5H2/t13-,18+,19+,20+;12-,17+,18+,19+;8-,9+,10+,11+/m000/s1. The molecule has 0 aliphatic carbocycles. The number of hydrogen-bond donors (Lipinski definition) is 3. The predicted octanol–water partition coefficient (Wildman–Crippen LogP) is 4.27. The Balaban J connectivity index is 0.000000188. The van der Waals surface area contributed by atoms with Crippen molar-refractivity contribution < 1.29 is 104 Å². The number of alkyl halides is 7. The quantitative estimate of drug-likeness (QED) is 0.0833. The Labute approximate surface area is 443 Å². The molecule has 0 radical (unpaired) electrons. The first kappa shape index (κ1) is 59.3. The highest BCUT2D eigenvalue weighted by atomic mass is 127. The number of esters is 2. The van der Waals surface area contributed by atoms with Gasteiger partial charge in [-0.3, -0.25) is 43.5 Å². The summed E-state index contributed by atoms with van der Waals surface area (Å²) in [5.74, 6) is -15.5. The third-order valence-corrected chi connectivity index (χ3v) is 14.8. The molecule has 6 aliphatic rings. The Bertz CT molecular complexity index is 2520. The monoisotopic (exact) mass is 1190 g/mol. The number of aliphatic hydroxyl groups is 3. The summed E-state index contributed by atoms with van der Waals surface area (Å²) in [7, 11) is 0. The summed E-state index contributed by atoms with van der Waals surface area (Å²) < 4.78 is 113. The number of benzene rings is 2. The molecule has 2 aromatic carbocycles. The van der Waals surface area contributed by atoms with Crippen LogP contribution in [0.2, 0.25) is 0 Å². The molecule has 3 fully saturated rings. The van der Waals surface area contributed by atoms with E-state index in [1.165, 1.54) is 45.0 Å². The lowest BCUT2D eigenvalue weighted by Gasteiger charge is -2.38. The summed E-state index contributed by atoms with van der Waals surface area (Å²) in [5, 5.41) is 28.5. The van der Waals surface area contributed by atoms with Crippen LogP contribution in [-0.2, 0) is 52.5 Å². The molecular weight excluding hydrogens is 1140 g/mol. The van der Waals surface area contributed by atoms with E-state index in [4.69, 9.17) is 24.1 Å². The lowest BCUT2D eigenvalue weighted by Crippen LogP contribution is -2.58. The Morgan fingerprint density at radius 3 is 1.30 bits per heavy atom. The van der Waals surface area contributed by atoms with Gasteiger partial charge in [0.1, 0.15) is 26.6 Å². The van der Waals surface area contributed by atoms with Gasteiger partial charge in [-0.05, 0) is 42.5 Å². The van der Waals surface area contributed by atoms with Crippen LogP contribution in [0.1, 0.15) is 67.2 Å². The first-order chi connectivity index (χ1) is 35.8. The Hall–Kier alpha value is -5.91. The van der Waals surface area contributed by atoms with Crippen LogP contribution in [0.5, 0.6) is 0 Å².